The number of alkyl halides is 2. The van der Waals surface area contributed by atoms with Gasteiger partial charge in [-0.15, -0.1) is 0 Å². The molecule has 0 aromatic heterocycles. The molecule has 2 aromatic rings. The summed E-state index contributed by atoms with van der Waals surface area (Å²) in [7, 11) is 0. The largest absolute Gasteiger partial charge is 0.478 e. The van der Waals surface area contributed by atoms with Crippen LogP contribution in [0.15, 0.2) is 45.3 Å². The van der Waals surface area contributed by atoms with E-state index in [0.29, 0.717) is 14.5 Å². The van der Waals surface area contributed by atoms with Crippen LogP contribution in [0.3, 0.4) is 0 Å². The Kier molecular flexibility index (Phi) is 4.49. The predicted octanol–water partition coefficient (Wildman–Crippen LogP) is 5.36. The number of carboxylic acid groups (broad SMARTS) is 1. The molecule has 0 aliphatic carbocycles. The summed E-state index contributed by atoms with van der Waals surface area (Å²) in [6, 6.07) is 7.93. The van der Waals surface area contributed by atoms with E-state index in [9.17, 15) is 13.6 Å². The number of hydrogen-bond acceptors (Lipinski definition) is 1. The number of halogens is 4. The van der Waals surface area contributed by atoms with Crippen LogP contribution in [-0.2, 0) is 5.92 Å². The first-order chi connectivity index (χ1) is 9.70. The van der Waals surface area contributed by atoms with Crippen LogP contribution in [0.25, 0.3) is 0 Å². The third kappa shape index (κ3) is 3.49. The van der Waals surface area contributed by atoms with Gasteiger partial charge in [0.1, 0.15) is 0 Å². The zero-order valence-electron chi connectivity index (χ0n) is 10.8. The lowest BCUT2D eigenvalue weighted by molar-refractivity contribution is 0.0425. The van der Waals surface area contributed by atoms with E-state index < -0.39 is 11.9 Å². The first-order valence-corrected chi connectivity index (χ1v) is 7.48. The molecule has 1 N–H and O–H groups in total. The van der Waals surface area contributed by atoms with Crippen LogP contribution in [0.4, 0.5) is 8.78 Å². The smallest absolute Gasteiger partial charge is 0.335 e. The van der Waals surface area contributed by atoms with Crippen molar-refractivity contribution in [3.63, 3.8) is 0 Å². The average Bonchev–Trinajstić information content (AvgIpc) is 2.36. The second-order valence-electron chi connectivity index (χ2n) is 4.63. The highest BCUT2D eigenvalue weighted by molar-refractivity contribution is 9.10. The van der Waals surface area contributed by atoms with Crippen molar-refractivity contribution in [1.82, 2.24) is 0 Å². The molecule has 0 saturated carbocycles. The van der Waals surface area contributed by atoms with Crippen molar-refractivity contribution in [2.45, 2.75) is 12.8 Å². The fourth-order valence-corrected chi connectivity index (χ4v) is 3.08. The van der Waals surface area contributed by atoms with Crippen LogP contribution >= 0.6 is 31.9 Å². The minimum Gasteiger partial charge on any atom is -0.478 e. The average molecular weight is 420 g/mol. The number of aryl methyl sites for hydroxylation is 1. The SMILES string of the molecule is Cc1cc(Br)cc(C(F)(F)c2cc(Br)cc(C(=O)O)c2)c1. The number of benzene rings is 2. The van der Waals surface area contributed by atoms with Crippen molar-refractivity contribution < 1.29 is 18.7 Å². The van der Waals surface area contributed by atoms with E-state index in [0.717, 1.165) is 6.07 Å². The molecule has 0 radical (unpaired) electrons. The highest BCUT2D eigenvalue weighted by Gasteiger charge is 2.35. The molecular formula is C15H10Br2F2O2. The van der Waals surface area contributed by atoms with Crippen LogP contribution in [0, 0.1) is 6.92 Å². The third-order valence-corrected chi connectivity index (χ3v) is 3.83. The Hall–Kier alpha value is -1.27. The van der Waals surface area contributed by atoms with Gasteiger partial charge in [0.25, 0.3) is 5.92 Å². The standard InChI is InChI=1S/C15H10Br2F2O2/c1-8-2-10(6-12(16)3-8)15(18,19)11-4-9(14(20)21)5-13(17)7-11/h2-7H,1H3,(H,20,21). The molecule has 0 unspecified atom stereocenters. The van der Waals surface area contributed by atoms with Gasteiger partial charge in [0.05, 0.1) is 5.56 Å². The van der Waals surface area contributed by atoms with Crippen molar-refractivity contribution >= 4 is 37.8 Å². The van der Waals surface area contributed by atoms with Crippen LogP contribution in [0.5, 0.6) is 0 Å². The second-order valence-corrected chi connectivity index (χ2v) is 6.46. The Morgan fingerprint density at radius 1 is 1.00 bits per heavy atom. The Balaban J connectivity index is 2.60. The van der Waals surface area contributed by atoms with Gasteiger partial charge in [-0.05, 0) is 48.9 Å². The van der Waals surface area contributed by atoms with Gasteiger partial charge in [-0.3, -0.25) is 0 Å². The van der Waals surface area contributed by atoms with Crippen molar-refractivity contribution in [3.05, 3.63) is 67.6 Å². The molecule has 0 fully saturated rings. The van der Waals surface area contributed by atoms with Gasteiger partial charge in [-0.2, -0.15) is 8.78 Å². The molecule has 0 spiro atoms. The molecule has 0 heterocycles. The molecule has 0 atom stereocenters. The Morgan fingerprint density at radius 3 is 2.05 bits per heavy atom. The lowest BCUT2D eigenvalue weighted by Gasteiger charge is -2.19. The van der Waals surface area contributed by atoms with E-state index in [2.05, 4.69) is 31.9 Å². The molecule has 6 heteroatoms. The van der Waals surface area contributed by atoms with Crippen molar-refractivity contribution in [3.8, 4) is 0 Å². The van der Waals surface area contributed by atoms with Crippen molar-refractivity contribution in [2.24, 2.45) is 0 Å². The fourth-order valence-electron chi connectivity index (χ4n) is 1.98. The van der Waals surface area contributed by atoms with Gasteiger partial charge in [0, 0.05) is 20.1 Å². The van der Waals surface area contributed by atoms with Gasteiger partial charge in [0.2, 0.25) is 0 Å². The van der Waals surface area contributed by atoms with E-state index in [1.807, 2.05) is 0 Å². The predicted molar refractivity (Wildman–Crippen MR) is 83.0 cm³/mol. The van der Waals surface area contributed by atoms with Gasteiger partial charge >= 0.3 is 5.97 Å². The summed E-state index contributed by atoms with van der Waals surface area (Å²) >= 11 is 6.26. The fraction of sp³-hybridized carbons (Fsp3) is 0.133. The normalized spacial score (nSPS) is 11.5. The number of carbonyl (C=O) groups is 1. The summed E-state index contributed by atoms with van der Waals surface area (Å²) in [5, 5.41) is 8.99. The van der Waals surface area contributed by atoms with Gasteiger partial charge < -0.3 is 5.11 Å². The highest BCUT2D eigenvalue weighted by Crippen LogP contribution is 2.38. The van der Waals surface area contributed by atoms with Crippen LogP contribution < -0.4 is 0 Å². The molecule has 0 amide bonds. The lowest BCUT2D eigenvalue weighted by Crippen LogP contribution is -2.16. The summed E-state index contributed by atoms with van der Waals surface area (Å²) in [5.74, 6) is -4.54. The zero-order chi connectivity index (χ0) is 15.8. The van der Waals surface area contributed by atoms with E-state index in [-0.39, 0.29) is 16.7 Å². The molecule has 2 rings (SSSR count). The van der Waals surface area contributed by atoms with E-state index in [1.54, 1.807) is 13.0 Å². The van der Waals surface area contributed by atoms with Gasteiger partial charge in [0.15, 0.2) is 0 Å². The lowest BCUT2D eigenvalue weighted by atomic mass is 9.97. The second kappa shape index (κ2) is 5.85. The zero-order valence-corrected chi connectivity index (χ0v) is 14.0. The minimum absolute atomic E-state index is 0.189. The maximum Gasteiger partial charge on any atom is 0.335 e. The number of hydrogen-bond donors (Lipinski definition) is 1. The summed E-state index contributed by atoms with van der Waals surface area (Å²) in [5.41, 5.74) is -0.0612. The van der Waals surface area contributed by atoms with Crippen LogP contribution in [0.1, 0.15) is 27.0 Å². The molecule has 0 aliphatic heterocycles. The van der Waals surface area contributed by atoms with E-state index in [4.69, 9.17) is 5.11 Å². The van der Waals surface area contributed by atoms with Crippen LogP contribution in [-0.4, -0.2) is 11.1 Å². The maximum atomic E-state index is 14.6. The van der Waals surface area contributed by atoms with Gasteiger partial charge in [-0.1, -0.05) is 31.9 Å². The molecule has 0 saturated heterocycles. The Bertz CT molecular complexity index is 695. The van der Waals surface area contributed by atoms with E-state index >= 15 is 0 Å². The number of rotatable bonds is 3. The molecule has 21 heavy (non-hydrogen) atoms. The first kappa shape index (κ1) is 16.1. The van der Waals surface area contributed by atoms with Crippen molar-refractivity contribution in [1.29, 1.82) is 0 Å². The Labute approximate surface area is 137 Å². The molecule has 110 valence electrons. The Morgan fingerprint density at radius 2 is 1.52 bits per heavy atom. The van der Waals surface area contributed by atoms with Gasteiger partial charge in [-0.25, -0.2) is 4.79 Å². The summed E-state index contributed by atoms with van der Waals surface area (Å²) in [6.07, 6.45) is 0. The third-order valence-electron chi connectivity index (χ3n) is 2.91. The van der Waals surface area contributed by atoms with E-state index in [1.165, 1.54) is 24.3 Å². The summed E-state index contributed by atoms with van der Waals surface area (Å²) in [6.45, 7) is 1.72. The number of carboxylic acids is 1. The maximum absolute atomic E-state index is 14.6. The molecule has 0 aliphatic rings. The molecule has 2 nitrogen and oxygen atoms in total. The molecule has 2 aromatic carbocycles. The number of aromatic carboxylic acids is 1. The first-order valence-electron chi connectivity index (χ1n) is 5.90. The van der Waals surface area contributed by atoms with Crippen molar-refractivity contribution in [2.75, 3.05) is 0 Å². The summed E-state index contributed by atoms with van der Waals surface area (Å²) in [4.78, 5) is 11.0. The quantitative estimate of drug-likeness (QED) is 0.727. The summed E-state index contributed by atoms with van der Waals surface area (Å²) < 4.78 is 30.1. The molecular weight excluding hydrogens is 410 g/mol. The highest BCUT2D eigenvalue weighted by atomic mass is 79.9. The minimum atomic E-state index is -3.29. The monoisotopic (exact) mass is 418 g/mol. The topological polar surface area (TPSA) is 37.3 Å². The van der Waals surface area contributed by atoms with Crippen LogP contribution in [0.2, 0.25) is 0 Å². The molecule has 0 bridgehead atoms.